The molecule has 1 aliphatic heterocycles. The van der Waals surface area contributed by atoms with Gasteiger partial charge in [0, 0.05) is 62.0 Å². The zero-order chi connectivity index (χ0) is 35.9. The van der Waals surface area contributed by atoms with Gasteiger partial charge in [0.2, 0.25) is 5.91 Å². The topological polar surface area (TPSA) is 160 Å². The molecule has 50 heavy (non-hydrogen) atoms. The molecule has 1 atom stereocenters. The number of carbonyl (C=O) groups is 4. The monoisotopic (exact) mass is 742 g/mol. The number of carbonyl (C=O) groups excluding carboxylic acids is 2. The minimum absolute atomic E-state index is 0.0338. The maximum atomic E-state index is 13.4. The maximum Gasteiger partial charge on any atom is 0.326 e. The van der Waals surface area contributed by atoms with Crippen molar-refractivity contribution >= 4 is 64.2 Å². The summed E-state index contributed by atoms with van der Waals surface area (Å²) >= 11 is 19.2. The zero-order valence-corrected chi connectivity index (χ0v) is 29.1. The van der Waals surface area contributed by atoms with E-state index in [1.54, 1.807) is 28.0 Å². The van der Waals surface area contributed by atoms with Crippen molar-refractivity contribution in [1.82, 2.24) is 15.1 Å². The molecule has 0 unspecified atom stereocenters. The van der Waals surface area contributed by atoms with Gasteiger partial charge in [0.05, 0.1) is 38.1 Å². The number of fused-ring (bicyclic) bond motifs is 1. The molecule has 0 fully saturated rings. The minimum Gasteiger partial charge on any atom is -0.493 e. The number of carboxylic acid groups (broad SMARTS) is 2. The molecule has 262 valence electrons. The number of halogens is 3. The second-order valence-corrected chi connectivity index (χ2v) is 12.7. The van der Waals surface area contributed by atoms with Crippen molar-refractivity contribution in [2.24, 2.45) is 0 Å². The molecule has 12 nitrogen and oxygen atoms in total. The number of hydrogen-bond donors (Lipinski definition) is 3. The average molecular weight is 744 g/mol. The van der Waals surface area contributed by atoms with Gasteiger partial charge in [-0.05, 0) is 50.1 Å². The van der Waals surface area contributed by atoms with Crippen LogP contribution in [0.2, 0.25) is 15.1 Å². The molecule has 4 aromatic rings. The number of rotatable bonds is 13. The van der Waals surface area contributed by atoms with E-state index >= 15 is 0 Å². The molecule has 5 rings (SSSR count). The predicted octanol–water partition coefficient (Wildman–Crippen LogP) is 6.50. The van der Waals surface area contributed by atoms with E-state index in [0.717, 1.165) is 16.7 Å². The van der Waals surface area contributed by atoms with E-state index in [9.17, 15) is 24.3 Å². The summed E-state index contributed by atoms with van der Waals surface area (Å²) in [6.07, 6.45) is 4.09. The third-order valence-corrected chi connectivity index (χ3v) is 9.10. The first kappa shape index (κ1) is 36.5. The van der Waals surface area contributed by atoms with Crippen LogP contribution in [0.5, 0.6) is 11.5 Å². The van der Waals surface area contributed by atoms with Gasteiger partial charge in [0.25, 0.3) is 5.91 Å². The number of aliphatic carboxylic acids is 2. The number of aromatic nitrogens is 2. The van der Waals surface area contributed by atoms with Gasteiger partial charge >= 0.3 is 11.9 Å². The molecule has 0 spiro atoms. The highest BCUT2D eigenvalue weighted by molar-refractivity contribution is 6.36. The van der Waals surface area contributed by atoms with Gasteiger partial charge in [-0.1, -0.05) is 53.0 Å². The van der Waals surface area contributed by atoms with E-state index in [2.05, 4.69) is 10.4 Å². The number of benzene rings is 3. The van der Waals surface area contributed by atoms with Crippen molar-refractivity contribution in [2.45, 2.75) is 45.2 Å². The molecule has 0 radical (unpaired) electrons. The van der Waals surface area contributed by atoms with Crippen LogP contribution in [0.15, 0.2) is 60.9 Å². The van der Waals surface area contributed by atoms with Crippen LogP contribution in [0.4, 0.5) is 5.69 Å². The molecule has 3 aromatic carbocycles. The minimum atomic E-state index is -1.63. The van der Waals surface area contributed by atoms with Crippen molar-refractivity contribution in [2.75, 3.05) is 24.7 Å². The molecular formula is C35H33Cl3N4O8. The Morgan fingerprint density at radius 3 is 2.50 bits per heavy atom. The van der Waals surface area contributed by atoms with Gasteiger partial charge in [-0.15, -0.1) is 0 Å². The first-order valence-corrected chi connectivity index (χ1v) is 16.8. The number of amides is 2. The Hall–Kier alpha value is -4.78. The number of para-hydroxylation sites is 1. The molecule has 0 aliphatic carbocycles. The van der Waals surface area contributed by atoms with Crippen molar-refractivity contribution < 1.29 is 38.9 Å². The Morgan fingerprint density at radius 2 is 1.78 bits per heavy atom. The molecule has 1 aromatic heterocycles. The van der Waals surface area contributed by atoms with Crippen LogP contribution < -0.4 is 19.7 Å². The number of hydrogen-bond acceptors (Lipinski definition) is 7. The lowest BCUT2D eigenvalue weighted by molar-refractivity contribution is -0.145. The fourth-order valence-electron chi connectivity index (χ4n) is 5.43. The number of carboxylic acids is 2. The normalized spacial score (nSPS) is 13.1. The highest BCUT2D eigenvalue weighted by atomic mass is 35.5. The number of nitrogens with zero attached hydrogens (tertiary/aromatic N) is 3. The third-order valence-electron chi connectivity index (χ3n) is 8.02. The van der Waals surface area contributed by atoms with Gasteiger partial charge in [-0.2, -0.15) is 5.10 Å². The molecule has 0 bridgehead atoms. The number of anilines is 1. The first-order valence-electron chi connectivity index (χ1n) is 15.6. The van der Waals surface area contributed by atoms with Crippen LogP contribution >= 0.6 is 34.8 Å². The zero-order valence-electron chi connectivity index (χ0n) is 26.8. The summed E-state index contributed by atoms with van der Waals surface area (Å²) in [6, 6.07) is 12.1. The summed E-state index contributed by atoms with van der Waals surface area (Å²) in [5, 5.41) is 25.7. The molecule has 0 saturated carbocycles. The standard InChI is InChI=1S/C35H33Cl3N4O8/c1-20-25(36)7-3-9-30(20)49-12-4-10-31(43)42-11-5-13-50-33-23(6-2-8-29(33)42)22-17-39-41(18-22)19-24-26(37)14-21(15-27(24)38)34(46)40-28(35(47)48)16-32(44)45/h2-3,6-9,14-15,17-18,28H,4-5,10-13,16,19H2,1H3,(H,40,46)(H,44,45)(H,47,48)/t28-/m0/s1. The Bertz CT molecular complexity index is 1910. The van der Waals surface area contributed by atoms with E-state index in [1.165, 1.54) is 12.1 Å². The van der Waals surface area contributed by atoms with Crippen LogP contribution in [-0.2, 0) is 20.9 Å². The highest BCUT2D eigenvalue weighted by Gasteiger charge is 2.26. The second kappa shape index (κ2) is 16.3. The van der Waals surface area contributed by atoms with Gasteiger partial charge in [0.15, 0.2) is 5.75 Å². The first-order chi connectivity index (χ1) is 23.9. The van der Waals surface area contributed by atoms with E-state index in [4.69, 9.17) is 49.4 Å². The summed E-state index contributed by atoms with van der Waals surface area (Å²) in [5.41, 5.74) is 3.40. The number of ether oxygens (including phenoxy) is 2. The van der Waals surface area contributed by atoms with Crippen molar-refractivity contribution in [1.29, 1.82) is 0 Å². The lowest BCUT2D eigenvalue weighted by Crippen LogP contribution is -2.42. The van der Waals surface area contributed by atoms with Crippen LogP contribution in [0.25, 0.3) is 11.1 Å². The largest absolute Gasteiger partial charge is 0.493 e. The van der Waals surface area contributed by atoms with Gasteiger partial charge in [0.1, 0.15) is 11.8 Å². The van der Waals surface area contributed by atoms with Crippen molar-refractivity contribution in [3.63, 3.8) is 0 Å². The van der Waals surface area contributed by atoms with Crippen LogP contribution in [-0.4, -0.2) is 69.5 Å². The molecule has 2 heterocycles. The fraction of sp³-hybridized carbons (Fsp3) is 0.286. The molecule has 3 N–H and O–H groups in total. The molecule has 0 saturated heterocycles. The Kier molecular flexibility index (Phi) is 11.9. The molecule has 2 amide bonds. The lowest BCUT2D eigenvalue weighted by atomic mass is 10.1. The van der Waals surface area contributed by atoms with Gasteiger partial charge < -0.3 is 29.9 Å². The summed E-state index contributed by atoms with van der Waals surface area (Å²) in [4.78, 5) is 50.2. The summed E-state index contributed by atoms with van der Waals surface area (Å²) in [6.45, 7) is 3.31. The summed E-state index contributed by atoms with van der Waals surface area (Å²) < 4.78 is 13.7. The SMILES string of the molecule is Cc1c(Cl)cccc1OCCCC(=O)N1CCCOc2c(-c3cnn(Cc4c(Cl)cc(C(=O)N[C@@H](CC(=O)O)C(=O)O)cc4Cl)c3)cccc21. The molecular weight excluding hydrogens is 711 g/mol. The van der Waals surface area contributed by atoms with E-state index < -0.39 is 30.3 Å². The van der Waals surface area contributed by atoms with Crippen molar-refractivity contribution in [3.8, 4) is 22.6 Å². The van der Waals surface area contributed by atoms with Gasteiger partial charge in [-0.25, -0.2) is 4.79 Å². The quantitative estimate of drug-likeness (QED) is 0.130. The fourth-order valence-corrected chi connectivity index (χ4v) is 6.20. The summed E-state index contributed by atoms with van der Waals surface area (Å²) in [7, 11) is 0. The lowest BCUT2D eigenvalue weighted by Gasteiger charge is -2.23. The molecule has 1 aliphatic rings. The number of nitrogens with one attached hydrogen (secondary N) is 1. The highest BCUT2D eigenvalue weighted by Crippen LogP contribution is 2.40. The Balaban J connectivity index is 1.28. The third kappa shape index (κ3) is 8.68. The second-order valence-electron chi connectivity index (χ2n) is 11.5. The van der Waals surface area contributed by atoms with E-state index in [0.29, 0.717) is 60.4 Å². The molecule has 15 heteroatoms. The Labute approximate surface area is 302 Å². The maximum absolute atomic E-state index is 13.4. The summed E-state index contributed by atoms with van der Waals surface area (Å²) in [5.74, 6) is -2.49. The predicted molar refractivity (Wildman–Crippen MR) is 188 cm³/mol. The van der Waals surface area contributed by atoms with E-state index in [1.807, 2.05) is 37.3 Å². The Morgan fingerprint density at radius 1 is 1.04 bits per heavy atom. The van der Waals surface area contributed by atoms with Crippen LogP contribution in [0.1, 0.15) is 47.2 Å². The van der Waals surface area contributed by atoms with Gasteiger partial charge in [-0.3, -0.25) is 19.1 Å². The van der Waals surface area contributed by atoms with E-state index in [-0.39, 0.29) is 34.5 Å². The average Bonchev–Trinajstić information content (AvgIpc) is 3.43. The smallest absolute Gasteiger partial charge is 0.326 e. The van der Waals surface area contributed by atoms with Crippen LogP contribution in [0.3, 0.4) is 0 Å². The van der Waals surface area contributed by atoms with Crippen LogP contribution in [0, 0.1) is 6.92 Å². The van der Waals surface area contributed by atoms with Crippen molar-refractivity contribution in [3.05, 3.63) is 92.7 Å².